The summed E-state index contributed by atoms with van der Waals surface area (Å²) in [7, 11) is 1.56. The molecule has 0 fully saturated rings. The molecule has 0 bridgehead atoms. The summed E-state index contributed by atoms with van der Waals surface area (Å²) in [6, 6.07) is 7.10. The zero-order valence-electron chi connectivity index (χ0n) is 12.1. The molecule has 0 saturated carbocycles. The summed E-state index contributed by atoms with van der Waals surface area (Å²) in [4.78, 5) is 20.4. The lowest BCUT2D eigenvalue weighted by atomic mass is 10.2. The van der Waals surface area contributed by atoms with Gasteiger partial charge in [0.25, 0.3) is 5.91 Å². The van der Waals surface area contributed by atoms with E-state index in [1.165, 1.54) is 0 Å². The first-order chi connectivity index (χ1) is 10.2. The van der Waals surface area contributed by atoms with Gasteiger partial charge in [0, 0.05) is 31.5 Å². The molecule has 0 aliphatic carbocycles. The number of rotatable bonds is 6. The summed E-state index contributed by atoms with van der Waals surface area (Å²) >= 11 is 0. The molecule has 0 saturated heterocycles. The monoisotopic (exact) mass is 286 g/mol. The third kappa shape index (κ3) is 3.92. The Morgan fingerprint density at radius 1 is 1.29 bits per heavy atom. The molecular formula is C15H18N4O2. The van der Waals surface area contributed by atoms with Gasteiger partial charge in [-0.3, -0.25) is 4.79 Å². The fraction of sp³-hybridized carbons (Fsp3) is 0.267. The Morgan fingerprint density at radius 2 is 2.14 bits per heavy atom. The predicted octanol–water partition coefficient (Wildman–Crippen LogP) is 1.85. The molecule has 2 N–H and O–H groups in total. The van der Waals surface area contributed by atoms with E-state index < -0.39 is 0 Å². The number of carbonyl (C=O) groups is 1. The van der Waals surface area contributed by atoms with Crippen molar-refractivity contribution < 1.29 is 9.53 Å². The van der Waals surface area contributed by atoms with Gasteiger partial charge in [0.2, 0.25) is 5.88 Å². The maximum Gasteiger partial charge on any atom is 0.255 e. The van der Waals surface area contributed by atoms with Crippen LogP contribution in [0.25, 0.3) is 0 Å². The lowest BCUT2D eigenvalue weighted by molar-refractivity contribution is 0.0951. The Morgan fingerprint density at radius 3 is 2.90 bits per heavy atom. The van der Waals surface area contributed by atoms with Gasteiger partial charge in [-0.2, -0.15) is 0 Å². The first kappa shape index (κ1) is 14.8. The van der Waals surface area contributed by atoms with E-state index in [2.05, 4.69) is 20.6 Å². The van der Waals surface area contributed by atoms with Gasteiger partial charge in [-0.05, 0) is 30.7 Å². The Kier molecular flexibility index (Phi) is 5.09. The number of carbonyl (C=O) groups excluding carboxylic acids is 1. The van der Waals surface area contributed by atoms with Crippen LogP contribution < -0.4 is 15.4 Å². The highest BCUT2D eigenvalue weighted by molar-refractivity contribution is 5.98. The molecule has 2 aromatic heterocycles. The molecular weight excluding hydrogens is 268 g/mol. The lowest BCUT2D eigenvalue weighted by Crippen LogP contribution is -2.24. The highest BCUT2D eigenvalue weighted by Gasteiger charge is 2.11. The SMILES string of the molecule is CCNc1ncccc1C(=O)NCc1ccnc(OC)c1. The average molecular weight is 286 g/mol. The van der Waals surface area contributed by atoms with Gasteiger partial charge in [0.05, 0.1) is 12.7 Å². The van der Waals surface area contributed by atoms with Gasteiger partial charge in [-0.15, -0.1) is 0 Å². The summed E-state index contributed by atoms with van der Waals surface area (Å²) in [5, 5.41) is 5.93. The number of methoxy groups -OCH3 is 1. The smallest absolute Gasteiger partial charge is 0.255 e. The van der Waals surface area contributed by atoms with Crippen molar-refractivity contribution in [3.05, 3.63) is 47.8 Å². The molecule has 0 aliphatic heterocycles. The van der Waals surface area contributed by atoms with E-state index in [4.69, 9.17) is 4.74 Å². The van der Waals surface area contributed by atoms with Crippen molar-refractivity contribution in [3.8, 4) is 5.88 Å². The fourth-order valence-corrected chi connectivity index (χ4v) is 1.85. The van der Waals surface area contributed by atoms with Crippen LogP contribution in [-0.4, -0.2) is 29.5 Å². The number of nitrogens with one attached hydrogen (secondary N) is 2. The molecule has 1 amide bonds. The topological polar surface area (TPSA) is 76.1 Å². The van der Waals surface area contributed by atoms with Crippen molar-refractivity contribution in [1.82, 2.24) is 15.3 Å². The van der Waals surface area contributed by atoms with Crippen molar-refractivity contribution >= 4 is 11.7 Å². The number of pyridine rings is 2. The minimum atomic E-state index is -0.171. The molecule has 6 nitrogen and oxygen atoms in total. The quantitative estimate of drug-likeness (QED) is 0.847. The molecule has 0 aromatic carbocycles. The van der Waals surface area contributed by atoms with Crippen LogP contribution in [0.3, 0.4) is 0 Å². The maximum absolute atomic E-state index is 12.2. The molecule has 2 heterocycles. The van der Waals surface area contributed by atoms with Crippen LogP contribution in [0.1, 0.15) is 22.8 Å². The van der Waals surface area contributed by atoms with E-state index in [0.29, 0.717) is 30.4 Å². The van der Waals surface area contributed by atoms with E-state index in [1.54, 1.807) is 37.7 Å². The van der Waals surface area contributed by atoms with Gasteiger partial charge in [0.15, 0.2) is 0 Å². The molecule has 6 heteroatoms. The van der Waals surface area contributed by atoms with E-state index >= 15 is 0 Å². The van der Waals surface area contributed by atoms with Crippen LogP contribution in [0, 0.1) is 0 Å². The number of amides is 1. The van der Waals surface area contributed by atoms with E-state index in [0.717, 1.165) is 5.56 Å². The summed E-state index contributed by atoms with van der Waals surface area (Å²) in [6.45, 7) is 3.07. The van der Waals surface area contributed by atoms with Crippen molar-refractivity contribution in [2.24, 2.45) is 0 Å². The highest BCUT2D eigenvalue weighted by Crippen LogP contribution is 2.12. The van der Waals surface area contributed by atoms with Crippen molar-refractivity contribution in [1.29, 1.82) is 0 Å². The lowest BCUT2D eigenvalue weighted by Gasteiger charge is -2.10. The molecule has 0 atom stereocenters. The van der Waals surface area contributed by atoms with E-state index in [-0.39, 0.29) is 5.91 Å². The Balaban J connectivity index is 2.04. The second-order valence-corrected chi connectivity index (χ2v) is 4.32. The van der Waals surface area contributed by atoms with Gasteiger partial charge in [-0.25, -0.2) is 9.97 Å². The summed E-state index contributed by atoms with van der Waals surface area (Å²) < 4.78 is 5.05. The summed E-state index contributed by atoms with van der Waals surface area (Å²) in [5.41, 5.74) is 1.45. The van der Waals surface area contributed by atoms with Gasteiger partial charge in [0.1, 0.15) is 5.82 Å². The first-order valence-corrected chi connectivity index (χ1v) is 6.70. The second kappa shape index (κ2) is 7.23. The third-order valence-electron chi connectivity index (χ3n) is 2.86. The molecule has 110 valence electrons. The Hall–Kier alpha value is -2.63. The molecule has 0 aliphatic rings. The minimum absolute atomic E-state index is 0.171. The van der Waals surface area contributed by atoms with Crippen LogP contribution in [0.4, 0.5) is 5.82 Å². The van der Waals surface area contributed by atoms with Crippen molar-refractivity contribution in [2.75, 3.05) is 19.0 Å². The number of hydrogen-bond acceptors (Lipinski definition) is 5. The molecule has 21 heavy (non-hydrogen) atoms. The number of aromatic nitrogens is 2. The first-order valence-electron chi connectivity index (χ1n) is 6.70. The molecule has 2 aromatic rings. The maximum atomic E-state index is 12.2. The number of nitrogens with zero attached hydrogens (tertiary/aromatic N) is 2. The van der Waals surface area contributed by atoms with Crippen LogP contribution in [-0.2, 0) is 6.54 Å². The van der Waals surface area contributed by atoms with E-state index in [1.807, 2.05) is 13.0 Å². The van der Waals surface area contributed by atoms with Gasteiger partial charge < -0.3 is 15.4 Å². The van der Waals surface area contributed by atoms with E-state index in [9.17, 15) is 4.79 Å². The minimum Gasteiger partial charge on any atom is -0.481 e. The summed E-state index contributed by atoms with van der Waals surface area (Å²) in [5.74, 6) is 0.941. The summed E-state index contributed by atoms with van der Waals surface area (Å²) in [6.07, 6.45) is 3.30. The highest BCUT2D eigenvalue weighted by atomic mass is 16.5. The van der Waals surface area contributed by atoms with Gasteiger partial charge >= 0.3 is 0 Å². The van der Waals surface area contributed by atoms with Crippen LogP contribution in [0.5, 0.6) is 5.88 Å². The number of ether oxygens (including phenoxy) is 1. The molecule has 0 spiro atoms. The van der Waals surface area contributed by atoms with Crippen LogP contribution >= 0.6 is 0 Å². The van der Waals surface area contributed by atoms with Crippen molar-refractivity contribution in [2.45, 2.75) is 13.5 Å². The van der Waals surface area contributed by atoms with Gasteiger partial charge in [-0.1, -0.05) is 0 Å². The van der Waals surface area contributed by atoms with Crippen LogP contribution in [0.15, 0.2) is 36.7 Å². The largest absolute Gasteiger partial charge is 0.481 e. The Labute approximate surface area is 123 Å². The normalized spacial score (nSPS) is 10.0. The Bertz CT molecular complexity index is 616. The van der Waals surface area contributed by atoms with Crippen LogP contribution in [0.2, 0.25) is 0 Å². The average Bonchev–Trinajstić information content (AvgIpc) is 2.53. The zero-order chi connectivity index (χ0) is 15.1. The number of anilines is 1. The number of hydrogen-bond donors (Lipinski definition) is 2. The third-order valence-corrected chi connectivity index (χ3v) is 2.86. The molecule has 0 unspecified atom stereocenters. The predicted molar refractivity (Wildman–Crippen MR) is 80.4 cm³/mol. The standard InChI is InChI=1S/C15H18N4O2/c1-3-16-14-12(5-4-7-18-14)15(20)19-10-11-6-8-17-13(9-11)21-2/h4-9H,3,10H2,1-2H3,(H,16,18)(H,19,20). The van der Waals surface area contributed by atoms with Crippen molar-refractivity contribution in [3.63, 3.8) is 0 Å². The molecule has 2 rings (SSSR count). The second-order valence-electron chi connectivity index (χ2n) is 4.32. The molecule has 0 radical (unpaired) electrons. The fourth-order valence-electron chi connectivity index (χ4n) is 1.85. The zero-order valence-corrected chi connectivity index (χ0v) is 12.1.